The van der Waals surface area contributed by atoms with E-state index in [9.17, 15) is 4.79 Å². The smallest absolute Gasteiger partial charge is 0.314 e. The third-order valence-corrected chi connectivity index (χ3v) is 6.00. The average molecular weight is 477 g/mol. The molecular weight excluding hydrogens is 452 g/mol. The first-order valence-corrected chi connectivity index (χ1v) is 11.0. The summed E-state index contributed by atoms with van der Waals surface area (Å²) in [5, 5.41) is 12.4. The molecule has 10 heteroatoms. The van der Waals surface area contributed by atoms with Crippen molar-refractivity contribution in [1.82, 2.24) is 19.9 Å². The minimum Gasteiger partial charge on any atom is -0.353 e. The van der Waals surface area contributed by atoms with Gasteiger partial charge in [-0.2, -0.15) is 5.26 Å². The van der Waals surface area contributed by atoms with E-state index in [2.05, 4.69) is 38.4 Å². The Hall–Kier alpha value is -3.90. The van der Waals surface area contributed by atoms with Crippen molar-refractivity contribution >= 4 is 35.9 Å². The number of carbonyl (C=O) groups is 1. The molecule has 2 amide bonds. The fraction of sp³-hybridized carbons (Fsp3) is 0.292. The van der Waals surface area contributed by atoms with Crippen LogP contribution in [0.1, 0.15) is 29.9 Å². The lowest BCUT2D eigenvalue weighted by molar-refractivity contribution is 0.204. The zero-order valence-electron chi connectivity index (χ0n) is 18.5. The van der Waals surface area contributed by atoms with E-state index in [1.165, 1.54) is 18.4 Å². The van der Waals surface area contributed by atoms with Gasteiger partial charge < -0.3 is 20.9 Å². The summed E-state index contributed by atoms with van der Waals surface area (Å²) < 4.78 is 0. The van der Waals surface area contributed by atoms with Crippen molar-refractivity contribution < 1.29 is 4.79 Å². The van der Waals surface area contributed by atoms with Crippen LogP contribution in [0.25, 0.3) is 11.3 Å². The Kier molecular flexibility index (Phi) is 6.80. The van der Waals surface area contributed by atoms with E-state index < -0.39 is 0 Å². The van der Waals surface area contributed by atoms with Gasteiger partial charge in [0.25, 0.3) is 0 Å². The molecule has 1 aliphatic carbocycles. The van der Waals surface area contributed by atoms with Crippen LogP contribution in [0, 0.1) is 11.3 Å². The van der Waals surface area contributed by atoms with E-state index in [0.717, 1.165) is 17.1 Å². The highest BCUT2D eigenvalue weighted by Gasteiger charge is 2.25. The maximum Gasteiger partial charge on any atom is 0.314 e. The SMILES string of the molecule is Cl.N#Cc1ccnc(Nc2cc(C3CC3)cc(-c3ccc(N4CCN(C(N)=O)CC4)nc3)n2)c1. The Balaban J connectivity index is 0.00000274. The van der Waals surface area contributed by atoms with Gasteiger partial charge in [-0.25, -0.2) is 19.7 Å². The van der Waals surface area contributed by atoms with E-state index in [-0.39, 0.29) is 18.4 Å². The zero-order chi connectivity index (χ0) is 22.8. The number of pyridine rings is 3. The van der Waals surface area contributed by atoms with Crippen LogP contribution in [0.2, 0.25) is 0 Å². The maximum absolute atomic E-state index is 11.3. The van der Waals surface area contributed by atoms with Crippen LogP contribution in [-0.2, 0) is 0 Å². The molecule has 2 aliphatic rings. The number of nitrogens with one attached hydrogen (secondary N) is 1. The molecule has 5 rings (SSSR count). The summed E-state index contributed by atoms with van der Waals surface area (Å²) in [7, 11) is 0. The van der Waals surface area contributed by atoms with Crippen LogP contribution in [-0.4, -0.2) is 52.1 Å². The fourth-order valence-electron chi connectivity index (χ4n) is 4.00. The van der Waals surface area contributed by atoms with Crippen molar-refractivity contribution in [3.63, 3.8) is 0 Å². The molecule has 1 saturated heterocycles. The summed E-state index contributed by atoms with van der Waals surface area (Å²) in [6.45, 7) is 2.60. The number of aromatic nitrogens is 3. The molecule has 34 heavy (non-hydrogen) atoms. The highest BCUT2D eigenvalue weighted by Crippen LogP contribution is 2.42. The number of rotatable bonds is 5. The minimum atomic E-state index is -0.376. The van der Waals surface area contributed by atoms with Crippen molar-refractivity contribution in [3.8, 4) is 17.3 Å². The molecule has 174 valence electrons. The summed E-state index contributed by atoms with van der Waals surface area (Å²) in [6.07, 6.45) is 5.81. The molecule has 2 fully saturated rings. The molecule has 3 aromatic rings. The largest absolute Gasteiger partial charge is 0.353 e. The molecule has 1 aliphatic heterocycles. The van der Waals surface area contributed by atoms with E-state index in [1.54, 1.807) is 23.2 Å². The van der Waals surface area contributed by atoms with Gasteiger partial charge in [0, 0.05) is 44.1 Å². The third kappa shape index (κ3) is 5.18. The lowest BCUT2D eigenvalue weighted by Crippen LogP contribution is -2.50. The number of nitrogens with zero attached hydrogens (tertiary/aromatic N) is 6. The quantitative estimate of drug-likeness (QED) is 0.575. The first-order valence-electron chi connectivity index (χ1n) is 11.0. The molecule has 3 aromatic heterocycles. The second kappa shape index (κ2) is 9.93. The van der Waals surface area contributed by atoms with Gasteiger partial charge in [0.15, 0.2) is 0 Å². The van der Waals surface area contributed by atoms with Crippen LogP contribution >= 0.6 is 12.4 Å². The van der Waals surface area contributed by atoms with E-state index in [4.69, 9.17) is 16.0 Å². The summed E-state index contributed by atoms with van der Waals surface area (Å²) in [6, 6.07) is 13.3. The molecule has 4 heterocycles. The third-order valence-electron chi connectivity index (χ3n) is 6.00. The molecule has 0 spiro atoms. The molecular formula is C24H25ClN8O. The van der Waals surface area contributed by atoms with Crippen LogP contribution in [0.3, 0.4) is 0 Å². The van der Waals surface area contributed by atoms with Crippen molar-refractivity contribution in [3.05, 3.63) is 59.9 Å². The monoisotopic (exact) mass is 476 g/mol. The highest BCUT2D eigenvalue weighted by atomic mass is 35.5. The summed E-state index contributed by atoms with van der Waals surface area (Å²) in [5.41, 5.74) is 8.93. The number of urea groups is 1. The molecule has 3 N–H and O–H groups in total. The minimum absolute atomic E-state index is 0. The van der Waals surface area contributed by atoms with Crippen molar-refractivity contribution in [2.75, 3.05) is 36.4 Å². The number of anilines is 3. The normalized spacial score (nSPS) is 15.3. The van der Waals surface area contributed by atoms with Crippen molar-refractivity contribution in [1.29, 1.82) is 5.26 Å². The van der Waals surface area contributed by atoms with Gasteiger partial charge in [0.1, 0.15) is 17.5 Å². The second-order valence-electron chi connectivity index (χ2n) is 8.33. The van der Waals surface area contributed by atoms with Gasteiger partial charge >= 0.3 is 6.03 Å². The number of piperazine rings is 1. The van der Waals surface area contributed by atoms with Gasteiger partial charge in [0.05, 0.1) is 17.3 Å². The molecule has 0 bridgehead atoms. The van der Waals surface area contributed by atoms with Gasteiger partial charge in [-0.1, -0.05) is 0 Å². The van der Waals surface area contributed by atoms with E-state index in [0.29, 0.717) is 49.3 Å². The number of nitrogens with two attached hydrogens (primary N) is 1. The maximum atomic E-state index is 11.3. The van der Waals surface area contributed by atoms with E-state index in [1.807, 2.05) is 18.3 Å². The highest BCUT2D eigenvalue weighted by molar-refractivity contribution is 5.85. The summed E-state index contributed by atoms with van der Waals surface area (Å²) >= 11 is 0. The summed E-state index contributed by atoms with van der Waals surface area (Å²) in [4.78, 5) is 28.9. The Morgan fingerprint density at radius 3 is 2.50 bits per heavy atom. The molecule has 0 atom stereocenters. The zero-order valence-corrected chi connectivity index (χ0v) is 19.3. The Morgan fingerprint density at radius 1 is 1.06 bits per heavy atom. The van der Waals surface area contributed by atoms with Gasteiger partial charge in [-0.05, 0) is 60.7 Å². The number of hydrogen-bond acceptors (Lipinski definition) is 7. The number of carbonyl (C=O) groups excluding carboxylic acids is 1. The Labute approximate surface area is 204 Å². The van der Waals surface area contributed by atoms with Gasteiger partial charge in [-0.3, -0.25) is 0 Å². The summed E-state index contributed by atoms with van der Waals surface area (Å²) in [5.74, 6) is 2.71. The average Bonchev–Trinajstić information content (AvgIpc) is 3.70. The molecule has 0 unspecified atom stereocenters. The number of halogens is 1. The number of hydrogen-bond donors (Lipinski definition) is 2. The first-order chi connectivity index (χ1) is 16.1. The number of nitriles is 1. The van der Waals surface area contributed by atoms with Crippen molar-refractivity contribution in [2.45, 2.75) is 18.8 Å². The van der Waals surface area contributed by atoms with Crippen LogP contribution in [0.15, 0.2) is 48.8 Å². The first kappa shape index (κ1) is 23.3. The lowest BCUT2D eigenvalue weighted by Gasteiger charge is -2.34. The van der Waals surface area contributed by atoms with Gasteiger partial charge in [-0.15, -0.1) is 12.4 Å². The molecule has 1 saturated carbocycles. The van der Waals surface area contributed by atoms with Gasteiger partial charge in [0.2, 0.25) is 0 Å². The fourth-order valence-corrected chi connectivity index (χ4v) is 4.00. The predicted octanol–water partition coefficient (Wildman–Crippen LogP) is 3.65. The Morgan fingerprint density at radius 2 is 1.85 bits per heavy atom. The number of primary amides is 1. The topological polar surface area (TPSA) is 124 Å². The standard InChI is InChI=1S/C24H24N8O.ClH/c25-14-16-5-6-27-21(11-16)30-22-13-19(17-1-2-17)12-20(29-22)18-3-4-23(28-15-18)31-7-9-32(10-8-31)24(26)33;/h3-6,11-13,15,17H,1-2,7-10H2,(H2,26,33)(H,27,29,30);1H. The molecule has 0 radical (unpaired) electrons. The molecule has 0 aromatic carbocycles. The predicted molar refractivity (Wildman–Crippen MR) is 132 cm³/mol. The lowest BCUT2D eigenvalue weighted by atomic mass is 10.1. The van der Waals surface area contributed by atoms with E-state index >= 15 is 0 Å². The van der Waals surface area contributed by atoms with Crippen LogP contribution < -0.4 is 16.0 Å². The van der Waals surface area contributed by atoms with Crippen LogP contribution in [0.5, 0.6) is 0 Å². The van der Waals surface area contributed by atoms with Crippen LogP contribution in [0.4, 0.5) is 22.2 Å². The number of amides is 2. The molecule has 9 nitrogen and oxygen atoms in total. The second-order valence-corrected chi connectivity index (χ2v) is 8.33. The van der Waals surface area contributed by atoms with Crippen molar-refractivity contribution in [2.24, 2.45) is 5.73 Å². The Bertz CT molecular complexity index is 1210.